The predicted molar refractivity (Wildman–Crippen MR) is 92.1 cm³/mol. The first kappa shape index (κ1) is 16.3. The van der Waals surface area contributed by atoms with Crippen molar-refractivity contribution in [2.75, 3.05) is 18.5 Å². The molecule has 1 aliphatic rings. The Balaban J connectivity index is 1.85. The molecule has 0 aliphatic carbocycles. The highest BCUT2D eigenvalue weighted by Crippen LogP contribution is 2.29. The molecule has 126 valence electrons. The summed E-state index contributed by atoms with van der Waals surface area (Å²) in [4.78, 5) is 26.0. The lowest BCUT2D eigenvalue weighted by atomic mass is 9.93. The molecule has 1 aliphatic heterocycles. The van der Waals surface area contributed by atoms with Crippen molar-refractivity contribution in [3.05, 3.63) is 63.6 Å². The van der Waals surface area contributed by atoms with Crippen LogP contribution in [-0.4, -0.2) is 33.8 Å². The van der Waals surface area contributed by atoms with Gasteiger partial charge in [-0.05, 0) is 30.0 Å². The number of benzene rings is 1. The van der Waals surface area contributed by atoms with Crippen molar-refractivity contribution in [2.45, 2.75) is 19.4 Å². The van der Waals surface area contributed by atoms with Crippen molar-refractivity contribution >= 4 is 11.7 Å². The molecule has 6 nitrogen and oxygen atoms in total. The number of urea groups is 1. The topological polar surface area (TPSA) is 74.6 Å². The van der Waals surface area contributed by atoms with E-state index in [-0.39, 0.29) is 24.2 Å². The van der Waals surface area contributed by atoms with Gasteiger partial charge in [-0.25, -0.2) is 4.79 Å². The average Bonchev–Trinajstić information content (AvgIpc) is 2.58. The SMILES string of the molecule is Cc1cc(=O)n(C)cc1NC(=O)N1CCc2ccccc2C1CO. The fraction of sp³-hybridized carbons (Fsp3) is 0.333. The summed E-state index contributed by atoms with van der Waals surface area (Å²) in [6, 6.07) is 8.73. The Hall–Kier alpha value is -2.60. The van der Waals surface area contributed by atoms with E-state index in [1.54, 1.807) is 25.1 Å². The molecular formula is C18H21N3O3. The molecule has 2 aromatic rings. The van der Waals surface area contributed by atoms with Gasteiger partial charge in [-0.2, -0.15) is 0 Å². The number of rotatable bonds is 2. The Bertz CT molecular complexity index is 828. The zero-order valence-corrected chi connectivity index (χ0v) is 13.8. The van der Waals surface area contributed by atoms with Gasteiger partial charge in [0.25, 0.3) is 5.56 Å². The number of anilines is 1. The van der Waals surface area contributed by atoms with Crippen LogP contribution in [0.5, 0.6) is 0 Å². The maximum atomic E-state index is 12.7. The predicted octanol–water partition coefficient (Wildman–Crippen LogP) is 1.82. The number of amides is 2. The maximum Gasteiger partial charge on any atom is 0.322 e. The van der Waals surface area contributed by atoms with Crippen LogP contribution in [0, 0.1) is 6.92 Å². The number of aromatic nitrogens is 1. The smallest absolute Gasteiger partial charge is 0.322 e. The van der Waals surface area contributed by atoms with Gasteiger partial charge in [0, 0.05) is 25.9 Å². The summed E-state index contributed by atoms with van der Waals surface area (Å²) in [6.45, 7) is 2.20. The third kappa shape index (κ3) is 2.92. The monoisotopic (exact) mass is 327 g/mol. The number of aliphatic hydroxyl groups excluding tert-OH is 1. The van der Waals surface area contributed by atoms with Crippen molar-refractivity contribution in [1.82, 2.24) is 9.47 Å². The summed E-state index contributed by atoms with van der Waals surface area (Å²) in [5.74, 6) is 0. The molecule has 1 atom stereocenters. The fourth-order valence-electron chi connectivity index (χ4n) is 3.13. The highest BCUT2D eigenvalue weighted by atomic mass is 16.3. The molecule has 1 aromatic heterocycles. The highest BCUT2D eigenvalue weighted by molar-refractivity contribution is 5.90. The normalized spacial score (nSPS) is 16.6. The second kappa shape index (κ2) is 6.49. The first-order chi connectivity index (χ1) is 11.5. The van der Waals surface area contributed by atoms with Gasteiger partial charge in [-0.15, -0.1) is 0 Å². The molecule has 0 bridgehead atoms. The summed E-state index contributed by atoms with van der Waals surface area (Å²) in [5, 5.41) is 12.7. The van der Waals surface area contributed by atoms with E-state index in [1.165, 1.54) is 16.2 Å². The molecule has 24 heavy (non-hydrogen) atoms. The van der Waals surface area contributed by atoms with E-state index in [2.05, 4.69) is 5.32 Å². The van der Waals surface area contributed by atoms with E-state index < -0.39 is 0 Å². The zero-order valence-electron chi connectivity index (χ0n) is 13.8. The fourth-order valence-corrected chi connectivity index (χ4v) is 3.13. The van der Waals surface area contributed by atoms with Crippen molar-refractivity contribution in [3.8, 4) is 0 Å². The van der Waals surface area contributed by atoms with Crippen molar-refractivity contribution in [1.29, 1.82) is 0 Å². The molecule has 2 amide bonds. The van der Waals surface area contributed by atoms with Gasteiger partial charge < -0.3 is 19.9 Å². The van der Waals surface area contributed by atoms with Gasteiger partial charge in [0.15, 0.2) is 0 Å². The number of pyridine rings is 1. The number of fused-ring (bicyclic) bond motifs is 1. The van der Waals surface area contributed by atoms with Gasteiger partial charge in [0.05, 0.1) is 18.3 Å². The van der Waals surface area contributed by atoms with Gasteiger partial charge in [-0.3, -0.25) is 4.79 Å². The zero-order chi connectivity index (χ0) is 17.3. The van der Waals surface area contributed by atoms with Gasteiger partial charge in [-0.1, -0.05) is 24.3 Å². The number of aryl methyl sites for hydroxylation is 2. The Kier molecular flexibility index (Phi) is 4.40. The summed E-state index contributed by atoms with van der Waals surface area (Å²) in [6.07, 6.45) is 2.37. The summed E-state index contributed by atoms with van der Waals surface area (Å²) < 4.78 is 1.43. The number of hydrogen-bond donors (Lipinski definition) is 2. The molecule has 1 aromatic carbocycles. The number of carbonyl (C=O) groups is 1. The van der Waals surface area contributed by atoms with Crippen LogP contribution in [0.15, 0.2) is 41.3 Å². The highest BCUT2D eigenvalue weighted by Gasteiger charge is 2.30. The first-order valence-corrected chi connectivity index (χ1v) is 7.95. The molecule has 6 heteroatoms. The molecule has 0 spiro atoms. The minimum absolute atomic E-state index is 0.120. The van der Waals surface area contributed by atoms with Crippen LogP contribution in [0.25, 0.3) is 0 Å². The molecule has 3 rings (SSSR count). The van der Waals surface area contributed by atoms with E-state index >= 15 is 0 Å². The number of nitrogens with zero attached hydrogens (tertiary/aromatic N) is 2. The lowest BCUT2D eigenvalue weighted by molar-refractivity contribution is 0.135. The van der Waals surface area contributed by atoms with Crippen LogP contribution in [0.4, 0.5) is 10.5 Å². The molecule has 1 unspecified atom stereocenters. The van der Waals surface area contributed by atoms with Crippen molar-refractivity contribution in [2.24, 2.45) is 7.05 Å². The Morgan fingerprint density at radius 2 is 2.12 bits per heavy atom. The third-order valence-electron chi connectivity index (χ3n) is 4.52. The van der Waals surface area contributed by atoms with E-state index in [9.17, 15) is 14.7 Å². The van der Waals surface area contributed by atoms with Crippen LogP contribution < -0.4 is 10.9 Å². The molecule has 0 saturated carbocycles. The van der Waals surface area contributed by atoms with Crippen molar-refractivity contribution < 1.29 is 9.90 Å². The van der Waals surface area contributed by atoms with E-state index in [4.69, 9.17) is 0 Å². The maximum absolute atomic E-state index is 12.7. The van der Waals surface area contributed by atoms with E-state index in [0.29, 0.717) is 17.8 Å². The number of aliphatic hydroxyl groups is 1. The lowest BCUT2D eigenvalue weighted by Crippen LogP contribution is -2.44. The van der Waals surface area contributed by atoms with Crippen LogP contribution in [0.2, 0.25) is 0 Å². The van der Waals surface area contributed by atoms with E-state index in [1.807, 2.05) is 24.3 Å². The molecule has 0 saturated heterocycles. The second-order valence-corrected chi connectivity index (χ2v) is 6.09. The van der Waals surface area contributed by atoms with Crippen LogP contribution in [0.3, 0.4) is 0 Å². The van der Waals surface area contributed by atoms with Crippen LogP contribution >= 0.6 is 0 Å². The molecule has 2 heterocycles. The minimum Gasteiger partial charge on any atom is -0.394 e. The standard InChI is InChI=1S/C18H21N3O3/c1-12-9-17(23)20(2)10-15(12)19-18(24)21-8-7-13-5-3-4-6-14(13)16(21)11-22/h3-6,9-10,16,22H,7-8,11H2,1-2H3,(H,19,24). The van der Waals surface area contributed by atoms with Crippen LogP contribution in [0.1, 0.15) is 22.7 Å². The van der Waals surface area contributed by atoms with Gasteiger partial charge in [0.2, 0.25) is 0 Å². The number of hydrogen-bond acceptors (Lipinski definition) is 3. The van der Waals surface area contributed by atoms with Crippen LogP contribution in [-0.2, 0) is 13.5 Å². The lowest BCUT2D eigenvalue weighted by Gasteiger charge is -2.36. The largest absolute Gasteiger partial charge is 0.394 e. The average molecular weight is 327 g/mol. The Morgan fingerprint density at radius 1 is 1.38 bits per heavy atom. The quantitative estimate of drug-likeness (QED) is 0.883. The number of nitrogens with one attached hydrogen (secondary N) is 1. The summed E-state index contributed by atoms with van der Waals surface area (Å²) >= 11 is 0. The summed E-state index contributed by atoms with van der Waals surface area (Å²) in [5.41, 5.74) is 3.34. The molecular weight excluding hydrogens is 306 g/mol. The second-order valence-electron chi connectivity index (χ2n) is 6.09. The third-order valence-corrected chi connectivity index (χ3v) is 4.52. The Morgan fingerprint density at radius 3 is 2.88 bits per heavy atom. The molecule has 2 N–H and O–H groups in total. The minimum atomic E-state index is -0.359. The van der Waals surface area contributed by atoms with Crippen molar-refractivity contribution in [3.63, 3.8) is 0 Å². The van der Waals surface area contributed by atoms with E-state index in [0.717, 1.165) is 12.0 Å². The first-order valence-electron chi connectivity index (χ1n) is 7.95. The summed E-state index contributed by atoms with van der Waals surface area (Å²) in [7, 11) is 1.64. The van der Waals surface area contributed by atoms with Gasteiger partial charge in [0.1, 0.15) is 0 Å². The van der Waals surface area contributed by atoms with Gasteiger partial charge >= 0.3 is 6.03 Å². The molecule has 0 radical (unpaired) electrons. The molecule has 0 fully saturated rings. The number of carbonyl (C=O) groups excluding carboxylic acids is 1. The Labute approximate surface area is 140 Å².